The Morgan fingerprint density at radius 1 is 1.35 bits per heavy atom. The molecule has 2 N–H and O–H groups in total. The standard InChI is InChI=1S/C11H9ClF2N2S/c12-9-2-1-7-6(16-9)3-8(17-7)10(15)4-11(13,14)5-10/h1-3H,4-5,15H2. The minimum absolute atomic E-state index is 0.291. The maximum Gasteiger partial charge on any atom is 0.252 e. The van der Waals surface area contributed by atoms with Crippen LogP contribution in [0.2, 0.25) is 5.15 Å². The molecule has 6 heteroatoms. The van der Waals surface area contributed by atoms with Crippen molar-refractivity contribution in [2.45, 2.75) is 24.3 Å². The van der Waals surface area contributed by atoms with Crippen LogP contribution in [-0.4, -0.2) is 10.9 Å². The van der Waals surface area contributed by atoms with Crippen molar-refractivity contribution in [1.29, 1.82) is 0 Å². The van der Waals surface area contributed by atoms with Crippen LogP contribution in [0.3, 0.4) is 0 Å². The molecule has 1 saturated carbocycles. The molecule has 0 spiro atoms. The van der Waals surface area contributed by atoms with Gasteiger partial charge in [0.25, 0.3) is 5.92 Å². The van der Waals surface area contributed by atoms with Crippen LogP contribution in [0.4, 0.5) is 8.78 Å². The number of nitrogens with two attached hydrogens (primary N) is 1. The van der Waals surface area contributed by atoms with Crippen LogP contribution in [0.5, 0.6) is 0 Å². The van der Waals surface area contributed by atoms with E-state index in [0.29, 0.717) is 5.15 Å². The van der Waals surface area contributed by atoms with Gasteiger partial charge in [0.05, 0.1) is 15.8 Å². The summed E-state index contributed by atoms with van der Waals surface area (Å²) < 4.78 is 26.8. The van der Waals surface area contributed by atoms with Crippen LogP contribution in [-0.2, 0) is 5.54 Å². The van der Waals surface area contributed by atoms with Crippen molar-refractivity contribution >= 4 is 33.2 Å². The maximum atomic E-state index is 12.9. The highest BCUT2D eigenvalue weighted by Gasteiger charge is 2.55. The molecule has 0 radical (unpaired) electrons. The fraction of sp³-hybridized carbons (Fsp3) is 0.364. The van der Waals surface area contributed by atoms with Gasteiger partial charge in [0.2, 0.25) is 0 Å². The average molecular weight is 275 g/mol. The molecule has 0 aliphatic heterocycles. The SMILES string of the molecule is NC1(c2cc3nc(Cl)ccc3s2)CC(F)(F)C1. The number of hydrogen-bond donors (Lipinski definition) is 1. The number of aromatic nitrogens is 1. The Morgan fingerprint density at radius 3 is 2.71 bits per heavy atom. The number of thiophene rings is 1. The summed E-state index contributed by atoms with van der Waals surface area (Å²) in [5.74, 6) is -2.63. The van der Waals surface area contributed by atoms with Gasteiger partial charge in [0.1, 0.15) is 5.15 Å². The highest BCUT2D eigenvalue weighted by Crippen LogP contribution is 2.52. The Kier molecular flexibility index (Phi) is 2.24. The largest absolute Gasteiger partial charge is 0.320 e. The van der Waals surface area contributed by atoms with E-state index in [1.54, 1.807) is 12.1 Å². The number of halogens is 3. The Bertz CT molecular complexity index is 588. The predicted octanol–water partition coefficient (Wildman–Crippen LogP) is 3.53. The highest BCUT2D eigenvalue weighted by atomic mass is 35.5. The fourth-order valence-electron chi connectivity index (χ4n) is 2.19. The van der Waals surface area contributed by atoms with E-state index in [-0.39, 0.29) is 12.8 Å². The third-order valence-electron chi connectivity index (χ3n) is 2.98. The van der Waals surface area contributed by atoms with E-state index in [9.17, 15) is 8.78 Å². The minimum Gasteiger partial charge on any atom is -0.320 e. The summed E-state index contributed by atoms with van der Waals surface area (Å²) in [6, 6.07) is 5.28. The molecular weight excluding hydrogens is 266 g/mol. The molecule has 0 aromatic carbocycles. The van der Waals surface area contributed by atoms with Gasteiger partial charge in [-0.3, -0.25) is 0 Å². The highest BCUT2D eigenvalue weighted by molar-refractivity contribution is 7.19. The van der Waals surface area contributed by atoms with E-state index in [1.807, 2.05) is 6.07 Å². The Morgan fingerprint density at radius 2 is 2.06 bits per heavy atom. The van der Waals surface area contributed by atoms with Crippen molar-refractivity contribution in [3.8, 4) is 0 Å². The summed E-state index contributed by atoms with van der Waals surface area (Å²) >= 11 is 7.19. The lowest BCUT2D eigenvalue weighted by atomic mass is 9.73. The minimum atomic E-state index is -2.63. The molecule has 17 heavy (non-hydrogen) atoms. The third-order valence-corrected chi connectivity index (χ3v) is 4.50. The van der Waals surface area contributed by atoms with Gasteiger partial charge in [0, 0.05) is 17.7 Å². The number of alkyl halides is 2. The Balaban J connectivity index is 2.02. The second-order valence-corrected chi connectivity index (χ2v) is 5.96. The van der Waals surface area contributed by atoms with Gasteiger partial charge in [-0.2, -0.15) is 0 Å². The average Bonchev–Trinajstić information content (AvgIpc) is 2.57. The van der Waals surface area contributed by atoms with Gasteiger partial charge < -0.3 is 5.73 Å². The molecule has 2 heterocycles. The topological polar surface area (TPSA) is 38.9 Å². The molecule has 0 amide bonds. The van der Waals surface area contributed by atoms with Crippen molar-refractivity contribution in [2.75, 3.05) is 0 Å². The van der Waals surface area contributed by atoms with Crippen molar-refractivity contribution in [1.82, 2.24) is 4.98 Å². The lowest BCUT2D eigenvalue weighted by molar-refractivity contribution is -0.123. The number of fused-ring (bicyclic) bond motifs is 1. The summed E-state index contributed by atoms with van der Waals surface area (Å²) in [5.41, 5.74) is 5.79. The van der Waals surface area contributed by atoms with Gasteiger partial charge >= 0.3 is 0 Å². The molecule has 1 aliphatic rings. The molecule has 2 aromatic heterocycles. The van der Waals surface area contributed by atoms with Crippen LogP contribution in [0.15, 0.2) is 18.2 Å². The van der Waals surface area contributed by atoms with Gasteiger partial charge in [0.15, 0.2) is 0 Å². The normalized spacial score (nSPS) is 21.4. The van der Waals surface area contributed by atoms with Gasteiger partial charge in [-0.15, -0.1) is 11.3 Å². The van der Waals surface area contributed by atoms with Gasteiger partial charge in [-0.25, -0.2) is 13.8 Å². The molecule has 0 atom stereocenters. The first-order valence-corrected chi connectivity index (χ1v) is 6.31. The smallest absolute Gasteiger partial charge is 0.252 e. The van der Waals surface area contributed by atoms with Crippen molar-refractivity contribution in [2.24, 2.45) is 5.73 Å². The van der Waals surface area contributed by atoms with E-state index in [4.69, 9.17) is 17.3 Å². The maximum absolute atomic E-state index is 12.9. The van der Waals surface area contributed by atoms with Gasteiger partial charge in [-0.1, -0.05) is 11.6 Å². The number of nitrogens with zero attached hydrogens (tertiary/aromatic N) is 1. The first kappa shape index (κ1) is 11.3. The lowest BCUT2D eigenvalue weighted by Crippen LogP contribution is -2.55. The summed E-state index contributed by atoms with van der Waals surface area (Å²) in [6.07, 6.45) is -0.582. The quantitative estimate of drug-likeness (QED) is 0.808. The third kappa shape index (κ3) is 1.82. The number of pyridine rings is 1. The first-order valence-electron chi connectivity index (χ1n) is 5.11. The zero-order valence-corrected chi connectivity index (χ0v) is 10.3. The molecule has 3 rings (SSSR count). The van der Waals surface area contributed by atoms with E-state index in [2.05, 4.69) is 4.98 Å². The van der Waals surface area contributed by atoms with Crippen molar-refractivity contribution < 1.29 is 8.78 Å². The zero-order valence-electron chi connectivity index (χ0n) is 8.71. The Labute approximate surface area is 105 Å². The molecule has 1 fully saturated rings. The molecule has 1 aliphatic carbocycles. The van der Waals surface area contributed by atoms with Crippen LogP contribution in [0.25, 0.3) is 10.2 Å². The van der Waals surface area contributed by atoms with E-state index in [0.717, 1.165) is 15.1 Å². The Hall–Kier alpha value is -0.780. The van der Waals surface area contributed by atoms with Crippen molar-refractivity contribution in [3.63, 3.8) is 0 Å². The lowest BCUT2D eigenvalue weighted by Gasteiger charge is -2.43. The summed E-state index contributed by atoms with van der Waals surface area (Å²) in [6.45, 7) is 0. The number of hydrogen-bond acceptors (Lipinski definition) is 3. The molecular formula is C11H9ClF2N2S. The molecule has 2 aromatic rings. The van der Waals surface area contributed by atoms with E-state index in [1.165, 1.54) is 11.3 Å². The fourth-order valence-corrected chi connectivity index (χ4v) is 3.44. The van der Waals surface area contributed by atoms with Crippen LogP contribution in [0.1, 0.15) is 17.7 Å². The summed E-state index contributed by atoms with van der Waals surface area (Å²) in [4.78, 5) is 4.89. The van der Waals surface area contributed by atoms with Gasteiger partial charge in [-0.05, 0) is 18.2 Å². The monoisotopic (exact) mass is 274 g/mol. The van der Waals surface area contributed by atoms with E-state index < -0.39 is 11.5 Å². The molecule has 2 nitrogen and oxygen atoms in total. The molecule has 0 unspecified atom stereocenters. The van der Waals surface area contributed by atoms with Crippen LogP contribution < -0.4 is 5.73 Å². The second-order valence-electron chi connectivity index (χ2n) is 4.49. The summed E-state index contributed by atoms with van der Waals surface area (Å²) in [5, 5.41) is 0.395. The molecule has 90 valence electrons. The van der Waals surface area contributed by atoms with Crippen LogP contribution in [0, 0.1) is 0 Å². The molecule has 0 bridgehead atoms. The number of rotatable bonds is 1. The van der Waals surface area contributed by atoms with Crippen LogP contribution >= 0.6 is 22.9 Å². The second kappa shape index (κ2) is 3.37. The summed E-state index contributed by atoms with van der Waals surface area (Å²) in [7, 11) is 0. The first-order chi connectivity index (χ1) is 7.88. The predicted molar refractivity (Wildman–Crippen MR) is 64.7 cm³/mol. The van der Waals surface area contributed by atoms with E-state index >= 15 is 0 Å². The molecule has 0 saturated heterocycles. The van der Waals surface area contributed by atoms with Crippen molar-refractivity contribution in [3.05, 3.63) is 28.2 Å². The zero-order chi connectivity index (χ0) is 12.3.